The molecule has 6 nitrogen and oxygen atoms in total. The van der Waals surface area contributed by atoms with Gasteiger partial charge >= 0.3 is 0 Å². The number of ether oxygens (including phenoxy) is 2. The molecule has 1 saturated heterocycles. The number of fused-ring (bicyclic) bond motifs is 1. The molecule has 0 saturated carbocycles. The van der Waals surface area contributed by atoms with Crippen LogP contribution in [-0.4, -0.2) is 64.0 Å². The standard InChI is InChI=1S/C25H31Cl2N3O3.C2H6/c1-32-18-30-23-17-20(9-7-19(23)8-10-24(30)31)33-16-3-2-11-28-12-14-29(15-13-28)22-6-4-5-21(26)25(22)27;1-2/h4-7,9,17H,2-3,8,10-16,18H2,1H3;1-2H3. The number of piperazine rings is 1. The van der Waals surface area contributed by atoms with E-state index >= 15 is 0 Å². The van der Waals surface area contributed by atoms with E-state index in [0.717, 1.165) is 74.7 Å². The summed E-state index contributed by atoms with van der Waals surface area (Å²) in [7, 11) is 1.61. The van der Waals surface area contributed by atoms with Gasteiger partial charge in [-0.25, -0.2) is 0 Å². The Balaban J connectivity index is 0.00000167. The van der Waals surface area contributed by atoms with Crippen molar-refractivity contribution in [3.63, 3.8) is 0 Å². The predicted octanol–water partition coefficient (Wildman–Crippen LogP) is 5.88. The Kier molecular flexibility index (Phi) is 11.0. The number of halogens is 2. The number of anilines is 2. The van der Waals surface area contributed by atoms with E-state index < -0.39 is 0 Å². The zero-order valence-electron chi connectivity index (χ0n) is 21.1. The molecule has 35 heavy (non-hydrogen) atoms. The Bertz CT molecular complexity index is 965. The SMILES string of the molecule is CC.COCN1C(=O)CCc2ccc(OCCCCN3CCN(c4cccc(Cl)c4Cl)CC3)cc21. The van der Waals surface area contributed by atoms with Gasteiger partial charge in [0.15, 0.2) is 0 Å². The number of methoxy groups -OCH3 is 1. The van der Waals surface area contributed by atoms with Gasteiger partial charge in [0.2, 0.25) is 5.91 Å². The van der Waals surface area contributed by atoms with Crippen molar-refractivity contribution in [3.05, 3.63) is 52.0 Å². The summed E-state index contributed by atoms with van der Waals surface area (Å²) in [5.41, 5.74) is 3.09. The largest absolute Gasteiger partial charge is 0.494 e. The van der Waals surface area contributed by atoms with Crippen molar-refractivity contribution in [2.45, 2.75) is 39.5 Å². The first kappa shape index (κ1) is 27.6. The molecule has 0 unspecified atom stereocenters. The van der Waals surface area contributed by atoms with Crippen molar-refractivity contribution in [3.8, 4) is 5.75 Å². The Labute approximate surface area is 219 Å². The number of aryl methyl sites for hydroxylation is 1. The average molecular weight is 523 g/mol. The number of unbranched alkanes of at least 4 members (excludes halogenated alkanes) is 1. The molecule has 2 heterocycles. The maximum Gasteiger partial charge on any atom is 0.229 e. The predicted molar refractivity (Wildman–Crippen MR) is 145 cm³/mol. The van der Waals surface area contributed by atoms with Crippen LogP contribution in [0.1, 0.15) is 38.7 Å². The van der Waals surface area contributed by atoms with Gasteiger partial charge in [0.25, 0.3) is 0 Å². The average Bonchev–Trinajstić information content (AvgIpc) is 2.89. The molecular weight excluding hydrogens is 485 g/mol. The second kappa shape index (κ2) is 13.9. The van der Waals surface area contributed by atoms with E-state index in [4.69, 9.17) is 32.7 Å². The van der Waals surface area contributed by atoms with Crippen molar-refractivity contribution in [2.75, 3.05) is 63.0 Å². The summed E-state index contributed by atoms with van der Waals surface area (Å²) in [6.45, 7) is 9.91. The highest BCUT2D eigenvalue weighted by Crippen LogP contribution is 2.33. The smallest absolute Gasteiger partial charge is 0.229 e. The molecule has 0 spiro atoms. The first-order valence-corrected chi connectivity index (χ1v) is 13.3. The normalized spacial score (nSPS) is 16.0. The van der Waals surface area contributed by atoms with Gasteiger partial charge in [0, 0.05) is 45.8 Å². The monoisotopic (exact) mass is 521 g/mol. The summed E-state index contributed by atoms with van der Waals surface area (Å²) in [4.78, 5) is 18.7. The molecular formula is C27H37Cl2N3O3. The van der Waals surface area contributed by atoms with Gasteiger partial charge in [-0.1, -0.05) is 49.2 Å². The van der Waals surface area contributed by atoms with E-state index in [1.165, 1.54) is 0 Å². The Morgan fingerprint density at radius 3 is 2.46 bits per heavy atom. The van der Waals surface area contributed by atoms with Gasteiger partial charge < -0.3 is 14.4 Å². The lowest BCUT2D eigenvalue weighted by Gasteiger charge is -2.36. The minimum Gasteiger partial charge on any atom is -0.494 e. The summed E-state index contributed by atoms with van der Waals surface area (Å²) >= 11 is 12.5. The molecule has 4 rings (SSSR count). The molecule has 2 aromatic carbocycles. The zero-order chi connectivity index (χ0) is 25.2. The number of nitrogens with zero attached hydrogens (tertiary/aromatic N) is 3. The lowest BCUT2D eigenvalue weighted by molar-refractivity contribution is -0.119. The number of rotatable bonds is 9. The lowest BCUT2D eigenvalue weighted by atomic mass is 10.0. The fourth-order valence-electron chi connectivity index (χ4n) is 4.45. The van der Waals surface area contributed by atoms with Crippen molar-refractivity contribution in [1.82, 2.24) is 4.90 Å². The third kappa shape index (κ3) is 7.26. The fraction of sp³-hybridized carbons (Fsp3) is 0.519. The highest BCUT2D eigenvalue weighted by atomic mass is 35.5. The molecule has 2 aromatic rings. The molecule has 1 fully saturated rings. The van der Waals surface area contributed by atoms with Crippen LogP contribution >= 0.6 is 23.2 Å². The van der Waals surface area contributed by atoms with Crippen LogP contribution in [0.25, 0.3) is 0 Å². The van der Waals surface area contributed by atoms with E-state index in [9.17, 15) is 4.79 Å². The fourth-order valence-corrected chi connectivity index (χ4v) is 4.87. The first-order valence-electron chi connectivity index (χ1n) is 12.5. The van der Waals surface area contributed by atoms with Crippen LogP contribution in [0.4, 0.5) is 11.4 Å². The van der Waals surface area contributed by atoms with E-state index in [1.54, 1.807) is 12.0 Å². The van der Waals surface area contributed by atoms with Gasteiger partial charge in [-0.3, -0.25) is 14.6 Å². The Morgan fingerprint density at radius 2 is 1.71 bits per heavy atom. The van der Waals surface area contributed by atoms with Gasteiger partial charge in [-0.05, 0) is 49.6 Å². The molecule has 0 aliphatic carbocycles. The van der Waals surface area contributed by atoms with E-state index in [-0.39, 0.29) is 12.6 Å². The van der Waals surface area contributed by atoms with Crippen LogP contribution < -0.4 is 14.5 Å². The van der Waals surface area contributed by atoms with Gasteiger partial charge in [-0.15, -0.1) is 0 Å². The number of hydrogen-bond acceptors (Lipinski definition) is 5. The van der Waals surface area contributed by atoms with E-state index in [0.29, 0.717) is 23.1 Å². The summed E-state index contributed by atoms with van der Waals surface area (Å²) in [5.74, 6) is 0.899. The third-order valence-electron chi connectivity index (χ3n) is 6.30. The van der Waals surface area contributed by atoms with Crippen LogP contribution in [0.2, 0.25) is 10.0 Å². The minimum atomic E-state index is 0.0965. The number of hydrogen-bond donors (Lipinski definition) is 0. The maximum absolute atomic E-state index is 12.2. The van der Waals surface area contributed by atoms with Crippen molar-refractivity contribution >= 4 is 40.5 Å². The number of carbonyl (C=O) groups is 1. The van der Waals surface area contributed by atoms with Crippen molar-refractivity contribution in [2.24, 2.45) is 0 Å². The highest BCUT2D eigenvalue weighted by molar-refractivity contribution is 6.43. The number of amides is 1. The lowest BCUT2D eigenvalue weighted by Crippen LogP contribution is -2.46. The van der Waals surface area contributed by atoms with Crippen LogP contribution in [0.5, 0.6) is 5.75 Å². The summed E-state index contributed by atoms with van der Waals surface area (Å²) in [6.07, 6.45) is 3.36. The topological polar surface area (TPSA) is 45.2 Å². The molecule has 2 aliphatic rings. The van der Waals surface area contributed by atoms with Gasteiger partial charge in [0.1, 0.15) is 12.5 Å². The highest BCUT2D eigenvalue weighted by Gasteiger charge is 2.24. The van der Waals surface area contributed by atoms with E-state index in [2.05, 4.69) is 15.9 Å². The summed E-state index contributed by atoms with van der Waals surface area (Å²) in [6, 6.07) is 11.8. The second-order valence-corrected chi connectivity index (χ2v) is 9.27. The molecule has 1 amide bonds. The second-order valence-electron chi connectivity index (χ2n) is 8.49. The Hall–Kier alpha value is -1.99. The molecule has 0 bridgehead atoms. The van der Waals surface area contributed by atoms with Crippen molar-refractivity contribution < 1.29 is 14.3 Å². The summed E-state index contributed by atoms with van der Waals surface area (Å²) < 4.78 is 11.2. The molecule has 2 aliphatic heterocycles. The molecule has 8 heteroatoms. The summed E-state index contributed by atoms with van der Waals surface area (Å²) in [5, 5.41) is 1.25. The van der Waals surface area contributed by atoms with Crippen LogP contribution in [0, 0.1) is 0 Å². The third-order valence-corrected chi connectivity index (χ3v) is 7.11. The number of benzene rings is 2. The van der Waals surface area contributed by atoms with Gasteiger partial charge in [-0.2, -0.15) is 0 Å². The molecule has 0 atom stereocenters. The quantitative estimate of drug-likeness (QED) is 0.385. The first-order chi connectivity index (χ1) is 17.1. The zero-order valence-corrected chi connectivity index (χ0v) is 22.6. The maximum atomic E-state index is 12.2. The van der Waals surface area contributed by atoms with Crippen LogP contribution in [0.15, 0.2) is 36.4 Å². The number of carbonyl (C=O) groups excluding carboxylic acids is 1. The van der Waals surface area contributed by atoms with Gasteiger partial charge in [0.05, 0.1) is 28.0 Å². The molecule has 0 aromatic heterocycles. The van der Waals surface area contributed by atoms with E-state index in [1.807, 2.05) is 44.2 Å². The molecule has 0 N–H and O–H groups in total. The van der Waals surface area contributed by atoms with Crippen molar-refractivity contribution in [1.29, 1.82) is 0 Å². The molecule has 0 radical (unpaired) electrons. The molecule has 192 valence electrons. The van der Waals surface area contributed by atoms with Crippen LogP contribution in [0.3, 0.4) is 0 Å². The van der Waals surface area contributed by atoms with Crippen LogP contribution in [-0.2, 0) is 16.0 Å². The Morgan fingerprint density at radius 1 is 0.943 bits per heavy atom. The minimum absolute atomic E-state index is 0.0965.